The third kappa shape index (κ3) is 3.18. The summed E-state index contributed by atoms with van der Waals surface area (Å²) in [7, 11) is 1.33. The van der Waals surface area contributed by atoms with Crippen LogP contribution in [-0.4, -0.2) is 18.1 Å². The number of hydrogen-bond donors (Lipinski definition) is 1. The van der Waals surface area contributed by atoms with Gasteiger partial charge in [-0.15, -0.1) is 11.3 Å². The van der Waals surface area contributed by atoms with Crippen molar-refractivity contribution in [3.8, 4) is 0 Å². The number of furan rings is 1. The van der Waals surface area contributed by atoms with Crippen LogP contribution in [0.1, 0.15) is 27.0 Å². The van der Waals surface area contributed by atoms with Gasteiger partial charge in [-0.3, -0.25) is 0 Å². The van der Waals surface area contributed by atoms with Gasteiger partial charge in [0.15, 0.2) is 0 Å². The Morgan fingerprint density at radius 1 is 1.50 bits per heavy atom. The molecule has 0 saturated carbocycles. The fourth-order valence-electron chi connectivity index (χ4n) is 1.46. The molecule has 2 rings (SSSR count). The quantitative estimate of drug-likeness (QED) is 0.840. The summed E-state index contributed by atoms with van der Waals surface area (Å²) in [5, 5.41) is 6.25. The van der Waals surface area contributed by atoms with Crippen LogP contribution in [0.3, 0.4) is 0 Å². The van der Waals surface area contributed by atoms with E-state index in [0.717, 1.165) is 10.7 Å². The number of aromatic nitrogens is 1. The Kier molecular flexibility index (Phi) is 4.11. The molecule has 0 aliphatic carbocycles. The summed E-state index contributed by atoms with van der Waals surface area (Å²) in [4.78, 5) is 15.5. The monoisotopic (exact) mass is 266 g/mol. The molecule has 0 saturated heterocycles. The number of carbonyl (C=O) groups is 1. The molecule has 0 fully saturated rings. The Morgan fingerprint density at radius 2 is 2.33 bits per heavy atom. The lowest BCUT2D eigenvalue weighted by Gasteiger charge is -1.99. The van der Waals surface area contributed by atoms with E-state index >= 15 is 0 Å². The van der Waals surface area contributed by atoms with Crippen molar-refractivity contribution in [1.82, 2.24) is 10.3 Å². The van der Waals surface area contributed by atoms with E-state index in [1.54, 1.807) is 23.5 Å². The van der Waals surface area contributed by atoms with Crippen molar-refractivity contribution in [2.45, 2.75) is 20.0 Å². The maximum Gasteiger partial charge on any atom is 0.373 e. The van der Waals surface area contributed by atoms with Crippen molar-refractivity contribution in [1.29, 1.82) is 0 Å². The summed E-state index contributed by atoms with van der Waals surface area (Å²) in [6.45, 7) is 3.21. The highest BCUT2D eigenvalue weighted by molar-refractivity contribution is 7.09. The molecule has 96 valence electrons. The van der Waals surface area contributed by atoms with Crippen LogP contribution in [0.4, 0.5) is 0 Å². The fourth-order valence-corrected chi connectivity index (χ4v) is 2.20. The molecule has 0 radical (unpaired) electrons. The van der Waals surface area contributed by atoms with E-state index in [-0.39, 0.29) is 5.76 Å². The molecule has 2 heterocycles. The molecule has 0 aliphatic heterocycles. The SMILES string of the molecule is COC(=O)c1ccc(CNCc2nc(C)cs2)o1. The van der Waals surface area contributed by atoms with Gasteiger partial charge in [0.05, 0.1) is 13.7 Å². The molecule has 0 aromatic carbocycles. The predicted octanol–water partition coefficient (Wildman–Crippen LogP) is 2.12. The lowest BCUT2D eigenvalue weighted by molar-refractivity contribution is 0.0563. The van der Waals surface area contributed by atoms with Crippen LogP contribution >= 0.6 is 11.3 Å². The van der Waals surface area contributed by atoms with E-state index in [1.165, 1.54) is 7.11 Å². The summed E-state index contributed by atoms with van der Waals surface area (Å²) < 4.78 is 9.89. The van der Waals surface area contributed by atoms with Gasteiger partial charge >= 0.3 is 5.97 Å². The largest absolute Gasteiger partial charge is 0.463 e. The Hall–Kier alpha value is -1.66. The average molecular weight is 266 g/mol. The minimum atomic E-state index is -0.461. The molecule has 0 aliphatic rings. The van der Waals surface area contributed by atoms with E-state index in [0.29, 0.717) is 18.8 Å². The van der Waals surface area contributed by atoms with Crippen LogP contribution in [0, 0.1) is 6.92 Å². The zero-order valence-electron chi connectivity index (χ0n) is 10.2. The summed E-state index contributed by atoms with van der Waals surface area (Å²) in [5.41, 5.74) is 1.03. The number of nitrogens with zero attached hydrogens (tertiary/aromatic N) is 1. The number of hydrogen-bond acceptors (Lipinski definition) is 6. The molecular formula is C12H14N2O3S. The van der Waals surface area contributed by atoms with Gasteiger partial charge in [-0.25, -0.2) is 9.78 Å². The molecule has 6 heteroatoms. The van der Waals surface area contributed by atoms with E-state index in [9.17, 15) is 4.79 Å². The second-order valence-corrected chi connectivity index (χ2v) is 4.69. The minimum Gasteiger partial charge on any atom is -0.463 e. The fraction of sp³-hybridized carbons (Fsp3) is 0.333. The van der Waals surface area contributed by atoms with Gasteiger partial charge in [0.2, 0.25) is 5.76 Å². The van der Waals surface area contributed by atoms with Gasteiger partial charge in [-0.1, -0.05) is 0 Å². The van der Waals surface area contributed by atoms with Crippen LogP contribution in [0.15, 0.2) is 21.9 Å². The van der Waals surface area contributed by atoms with Gasteiger partial charge in [0.25, 0.3) is 0 Å². The molecule has 2 aromatic heterocycles. The second-order valence-electron chi connectivity index (χ2n) is 3.74. The Balaban J connectivity index is 1.83. The van der Waals surface area contributed by atoms with Gasteiger partial charge < -0.3 is 14.5 Å². The zero-order chi connectivity index (χ0) is 13.0. The van der Waals surface area contributed by atoms with Crippen LogP contribution in [0.25, 0.3) is 0 Å². The lowest BCUT2D eigenvalue weighted by Crippen LogP contribution is -2.12. The molecule has 1 N–H and O–H groups in total. The highest BCUT2D eigenvalue weighted by Gasteiger charge is 2.10. The molecule has 2 aromatic rings. The first-order valence-electron chi connectivity index (χ1n) is 5.48. The molecule has 0 atom stereocenters. The zero-order valence-corrected chi connectivity index (χ0v) is 11.0. The van der Waals surface area contributed by atoms with Crippen LogP contribution in [-0.2, 0) is 17.8 Å². The standard InChI is InChI=1S/C12H14N2O3S/c1-8-7-18-11(14-8)6-13-5-9-3-4-10(17-9)12(15)16-2/h3-4,7,13H,5-6H2,1-2H3. The number of rotatable bonds is 5. The number of thiazole rings is 1. The minimum absolute atomic E-state index is 0.222. The third-order valence-corrected chi connectivity index (χ3v) is 3.26. The van der Waals surface area contributed by atoms with Crippen molar-refractivity contribution in [2.75, 3.05) is 7.11 Å². The summed E-state index contributed by atoms with van der Waals surface area (Å²) in [6.07, 6.45) is 0. The number of esters is 1. The Labute approximate surface area is 109 Å². The molecule has 0 bridgehead atoms. The molecule has 5 nitrogen and oxygen atoms in total. The number of nitrogens with one attached hydrogen (secondary N) is 1. The Bertz CT molecular complexity index is 533. The van der Waals surface area contributed by atoms with Crippen molar-refractivity contribution in [3.05, 3.63) is 39.7 Å². The smallest absolute Gasteiger partial charge is 0.373 e. The van der Waals surface area contributed by atoms with Crippen LogP contribution in [0.5, 0.6) is 0 Å². The average Bonchev–Trinajstić information content (AvgIpc) is 2.98. The van der Waals surface area contributed by atoms with Crippen molar-refractivity contribution < 1.29 is 13.9 Å². The number of methoxy groups -OCH3 is 1. The van der Waals surface area contributed by atoms with Crippen molar-refractivity contribution >= 4 is 17.3 Å². The molecular weight excluding hydrogens is 252 g/mol. The first kappa shape index (κ1) is 12.8. The first-order valence-corrected chi connectivity index (χ1v) is 6.36. The van der Waals surface area contributed by atoms with Crippen LogP contribution < -0.4 is 5.32 Å². The van der Waals surface area contributed by atoms with E-state index < -0.39 is 5.97 Å². The van der Waals surface area contributed by atoms with Gasteiger partial charge in [0, 0.05) is 17.6 Å². The Morgan fingerprint density at radius 3 is 3.00 bits per heavy atom. The lowest BCUT2D eigenvalue weighted by atomic mass is 10.4. The molecule has 0 spiro atoms. The van der Waals surface area contributed by atoms with E-state index in [4.69, 9.17) is 4.42 Å². The summed E-state index contributed by atoms with van der Waals surface area (Å²) in [5.74, 6) is 0.458. The molecule has 18 heavy (non-hydrogen) atoms. The van der Waals surface area contributed by atoms with Crippen molar-refractivity contribution in [2.24, 2.45) is 0 Å². The van der Waals surface area contributed by atoms with Gasteiger partial charge in [-0.2, -0.15) is 0 Å². The normalized spacial score (nSPS) is 10.6. The van der Waals surface area contributed by atoms with Gasteiger partial charge in [0.1, 0.15) is 10.8 Å². The molecule has 0 amide bonds. The highest BCUT2D eigenvalue weighted by Crippen LogP contribution is 2.10. The van der Waals surface area contributed by atoms with Crippen LogP contribution in [0.2, 0.25) is 0 Å². The second kappa shape index (κ2) is 5.79. The highest BCUT2D eigenvalue weighted by atomic mass is 32.1. The third-order valence-electron chi connectivity index (χ3n) is 2.29. The summed E-state index contributed by atoms with van der Waals surface area (Å²) >= 11 is 1.62. The number of aryl methyl sites for hydroxylation is 1. The van der Waals surface area contributed by atoms with Gasteiger partial charge in [-0.05, 0) is 19.1 Å². The van der Waals surface area contributed by atoms with E-state index in [2.05, 4.69) is 15.0 Å². The number of carbonyl (C=O) groups excluding carboxylic acids is 1. The maximum absolute atomic E-state index is 11.2. The predicted molar refractivity (Wildman–Crippen MR) is 67.4 cm³/mol. The van der Waals surface area contributed by atoms with Crippen molar-refractivity contribution in [3.63, 3.8) is 0 Å². The number of ether oxygens (including phenoxy) is 1. The first-order chi connectivity index (χ1) is 8.69. The summed E-state index contributed by atoms with van der Waals surface area (Å²) in [6, 6.07) is 3.36. The molecule has 0 unspecified atom stereocenters. The maximum atomic E-state index is 11.2. The van der Waals surface area contributed by atoms with E-state index in [1.807, 2.05) is 12.3 Å². The topological polar surface area (TPSA) is 64.4 Å².